The van der Waals surface area contributed by atoms with E-state index in [1.165, 1.54) is 22.3 Å². The highest BCUT2D eigenvalue weighted by Gasteiger charge is 2.82. The van der Waals surface area contributed by atoms with Crippen molar-refractivity contribution in [3.63, 3.8) is 0 Å². The molecule has 12 aliphatic heterocycles. The fraction of sp³-hybridized carbons (Fsp3) is 0.727. The summed E-state index contributed by atoms with van der Waals surface area (Å²) in [5, 5.41) is 49.0. The summed E-state index contributed by atoms with van der Waals surface area (Å²) >= 11 is 0. The van der Waals surface area contributed by atoms with Crippen LogP contribution in [0.4, 0.5) is 0 Å². The minimum Gasteiger partial charge on any atom is -0.493 e. The lowest BCUT2D eigenvalue weighted by molar-refractivity contribution is -0.364. The smallest absolute Gasteiger partial charge is 0.207 e. The number of ether oxygens (including phenoxy) is 16. The number of piperidine rings is 4. The molecule has 20 aliphatic rings. The van der Waals surface area contributed by atoms with Crippen LogP contribution in [0.1, 0.15) is 175 Å². The number of aliphatic hydroxyl groups is 4. The third-order valence-electron chi connectivity index (χ3n) is 32.8. The number of nitrogens with zero attached hydrogens (tertiary/aromatic N) is 4. The first-order valence-corrected chi connectivity index (χ1v) is 42.3. The van der Waals surface area contributed by atoms with E-state index in [9.17, 15) is 20.4 Å². The molecule has 24 rings (SSSR count). The van der Waals surface area contributed by atoms with Crippen LogP contribution in [0.5, 0.6) is 46.0 Å². The first-order chi connectivity index (χ1) is 53.8. The van der Waals surface area contributed by atoms with Crippen LogP contribution in [0, 0.1) is 0 Å². The summed E-state index contributed by atoms with van der Waals surface area (Å²) in [5.41, 5.74) is 4.16. The molecule has 8 bridgehead atoms. The largest absolute Gasteiger partial charge is 0.493 e. The van der Waals surface area contributed by atoms with Crippen LogP contribution in [0.25, 0.3) is 0 Å². The molecule has 4 aromatic rings. The Morgan fingerprint density at radius 3 is 0.723 bits per heavy atom. The number of fused-ring (bicyclic) bond motifs is 4. The van der Waals surface area contributed by atoms with Gasteiger partial charge < -0.3 is 116 Å². The Balaban J connectivity index is 0.0000000943. The second-order valence-corrected chi connectivity index (χ2v) is 37.4. The van der Waals surface area contributed by atoms with Gasteiger partial charge in [-0.1, -0.05) is 24.3 Å². The number of hydrogen-bond donors (Lipinski definition) is 4. The summed E-state index contributed by atoms with van der Waals surface area (Å²) in [6.07, 6.45) is 14.5. The van der Waals surface area contributed by atoms with Crippen molar-refractivity contribution in [3.8, 4) is 46.0 Å². The molecular weight excluding hydrogens is 1430 g/mol. The monoisotopic (exact) mass is 1550 g/mol. The number of hydrogen-bond acceptors (Lipinski definition) is 24. The molecule has 12 fully saturated rings. The molecule has 8 spiro atoms. The SMILES string of the molecule is COc1ccc2c3c1OC1[C@@]4(CCC5(O)[C@@H](C2)N(C)CC[C@]315)OCC[C@@H](C)O4.COc1ccc2c3c1OC1[C@@]4(CCC5(O)[C@@H](C2)N(C)CC[C@]315)OCC[C@H](C)O4.COc1ccc2c3c1OC1[C@]4(CCC5(O)[C@@H](C2)N(C)CC[C@]315)OCC[C@@H](C)O4.COc1ccc2c3c1OC1[C@]4(CCC5(O)[C@@H](C2)N(C)CC[C@]315)OCC[C@H](C)O4. The lowest BCUT2D eigenvalue weighted by Crippen LogP contribution is -2.79. The van der Waals surface area contributed by atoms with Crippen LogP contribution in [0.2, 0.25) is 0 Å². The van der Waals surface area contributed by atoms with Gasteiger partial charge in [-0.3, -0.25) is 0 Å². The summed E-state index contributed by atoms with van der Waals surface area (Å²) in [6, 6.07) is 16.9. The predicted octanol–water partition coefficient (Wildman–Crippen LogP) is 8.00. The van der Waals surface area contributed by atoms with Gasteiger partial charge in [0, 0.05) is 72.1 Å². The Morgan fingerprint density at radius 2 is 0.527 bits per heavy atom. The Labute approximate surface area is 657 Å². The number of methoxy groups -OCH3 is 4. The molecule has 4 saturated carbocycles. The number of rotatable bonds is 4. The zero-order chi connectivity index (χ0) is 77.2. The Kier molecular flexibility index (Phi) is 16.6. The molecule has 0 aromatic heterocycles. The van der Waals surface area contributed by atoms with Crippen LogP contribution >= 0.6 is 0 Å². The van der Waals surface area contributed by atoms with Gasteiger partial charge in [-0.05, 0) is 231 Å². The van der Waals surface area contributed by atoms with E-state index in [2.05, 4.69) is 99.8 Å². The molecule has 8 saturated heterocycles. The average Bonchev–Trinajstić information content (AvgIpc) is 1.46. The average molecular weight is 1550 g/mol. The molecule has 8 aliphatic carbocycles. The summed E-state index contributed by atoms with van der Waals surface area (Å²) in [5.74, 6) is 2.90. The van der Waals surface area contributed by atoms with Crippen molar-refractivity contribution in [2.75, 3.05) is 109 Å². The fourth-order valence-corrected chi connectivity index (χ4v) is 27.8. The molecular formula is C88H116N4O20. The molecule has 4 aromatic carbocycles. The van der Waals surface area contributed by atoms with E-state index in [-0.39, 0.29) is 73.0 Å². The van der Waals surface area contributed by atoms with Gasteiger partial charge in [-0.15, -0.1) is 0 Å². The van der Waals surface area contributed by atoms with Gasteiger partial charge >= 0.3 is 0 Å². The molecule has 8 unspecified atom stereocenters. The highest BCUT2D eigenvalue weighted by molar-refractivity contribution is 5.68. The van der Waals surface area contributed by atoms with E-state index >= 15 is 0 Å². The Morgan fingerprint density at radius 1 is 0.312 bits per heavy atom. The van der Waals surface area contributed by atoms with Crippen LogP contribution in [0.3, 0.4) is 0 Å². The van der Waals surface area contributed by atoms with Crippen molar-refractivity contribution in [1.29, 1.82) is 0 Å². The second kappa shape index (κ2) is 25.1. The lowest BCUT2D eigenvalue weighted by Gasteiger charge is -2.65. The van der Waals surface area contributed by atoms with Crippen molar-refractivity contribution in [3.05, 3.63) is 93.0 Å². The van der Waals surface area contributed by atoms with E-state index in [1.807, 2.05) is 24.3 Å². The topological polar surface area (TPSA) is 242 Å². The predicted molar refractivity (Wildman–Crippen MR) is 407 cm³/mol. The lowest BCUT2D eigenvalue weighted by atomic mass is 9.48. The van der Waals surface area contributed by atoms with Crippen LogP contribution in [-0.4, -0.2) is 268 Å². The molecule has 24 heteroatoms. The third-order valence-corrected chi connectivity index (χ3v) is 32.8. The van der Waals surface area contributed by atoms with Crippen molar-refractivity contribution in [1.82, 2.24) is 19.6 Å². The zero-order valence-corrected chi connectivity index (χ0v) is 67.5. The molecule has 24 nitrogen and oxygen atoms in total. The summed E-state index contributed by atoms with van der Waals surface area (Å²) in [7, 11) is 15.3. The van der Waals surface area contributed by atoms with Crippen molar-refractivity contribution in [2.45, 2.75) is 296 Å². The van der Waals surface area contributed by atoms with E-state index in [0.717, 1.165) is 171 Å². The molecule has 12 heterocycles. The molecule has 608 valence electrons. The van der Waals surface area contributed by atoms with E-state index < -0.39 is 67.2 Å². The first-order valence-electron chi connectivity index (χ1n) is 42.3. The van der Waals surface area contributed by atoms with Gasteiger partial charge in [0.05, 0.1) is 123 Å². The molecule has 4 N–H and O–H groups in total. The van der Waals surface area contributed by atoms with Crippen molar-refractivity contribution >= 4 is 0 Å². The maximum absolute atomic E-state index is 12.3. The number of likely N-dealkylation sites (tertiary alicyclic amines) is 4. The molecule has 112 heavy (non-hydrogen) atoms. The minimum absolute atomic E-state index is 0.0811. The van der Waals surface area contributed by atoms with Gasteiger partial charge in [-0.25, -0.2) is 0 Å². The van der Waals surface area contributed by atoms with Gasteiger partial charge in [0.2, 0.25) is 23.1 Å². The van der Waals surface area contributed by atoms with Crippen molar-refractivity contribution < 1.29 is 96.2 Å². The Hall–Kier alpha value is -5.36. The van der Waals surface area contributed by atoms with Crippen molar-refractivity contribution in [2.24, 2.45) is 0 Å². The second-order valence-electron chi connectivity index (χ2n) is 37.4. The quantitative estimate of drug-likeness (QED) is 0.151. The van der Waals surface area contributed by atoms with Crippen LogP contribution in [0.15, 0.2) is 48.5 Å². The van der Waals surface area contributed by atoms with Gasteiger partial charge in [-0.2, -0.15) is 0 Å². The summed E-state index contributed by atoms with van der Waals surface area (Å²) in [6.45, 7) is 14.8. The van der Waals surface area contributed by atoms with Gasteiger partial charge in [0.1, 0.15) is 0 Å². The van der Waals surface area contributed by atoms with Gasteiger partial charge in [0.25, 0.3) is 0 Å². The van der Waals surface area contributed by atoms with E-state index in [1.54, 1.807) is 28.4 Å². The summed E-state index contributed by atoms with van der Waals surface area (Å²) in [4.78, 5) is 9.32. The van der Waals surface area contributed by atoms with Gasteiger partial charge in [0.15, 0.2) is 70.4 Å². The molecule has 24 atom stereocenters. The maximum atomic E-state index is 12.3. The van der Waals surface area contributed by atoms with E-state index in [4.69, 9.17) is 75.8 Å². The minimum atomic E-state index is -0.853. The summed E-state index contributed by atoms with van der Waals surface area (Å²) < 4.78 is 101. The third kappa shape index (κ3) is 9.14. The van der Waals surface area contributed by atoms with Crippen LogP contribution < -0.4 is 37.9 Å². The zero-order valence-electron chi connectivity index (χ0n) is 67.5. The number of benzene rings is 4. The number of likely N-dealkylation sites (N-methyl/N-ethyl adjacent to an activating group) is 4. The van der Waals surface area contributed by atoms with E-state index in [0.29, 0.717) is 77.8 Å². The maximum Gasteiger partial charge on any atom is 0.207 e. The van der Waals surface area contributed by atoms with Crippen LogP contribution in [-0.2, 0) is 85.2 Å². The normalized spacial score (nSPS) is 46.2. The molecule has 0 amide bonds. The highest BCUT2D eigenvalue weighted by atomic mass is 16.8. The molecule has 0 radical (unpaired) electrons. The fourth-order valence-electron chi connectivity index (χ4n) is 27.8. The Bertz CT molecular complexity index is 3930. The first kappa shape index (κ1) is 74.2. The highest BCUT2D eigenvalue weighted by Crippen LogP contribution is 2.74. The standard InChI is InChI=1S/4C22H29NO5/c4*1-13-6-11-26-22(28-13)8-7-21(24)16-12-14-4-5-15(25-3)18-17(14)20(21,19(22)27-18)9-10-23(16)2/h4*4-5,13,16,19,24H,6-12H2,1-3H3/t13-,16+,19?,20-,21?,22+;13-,16+,19?,20-,21?,22-;13-,16-,19?,20+,21?,22+;13-,16-,19?,20+,21?,22-/m0011/s1.